The summed E-state index contributed by atoms with van der Waals surface area (Å²) in [5, 5.41) is 0. The lowest BCUT2D eigenvalue weighted by Gasteiger charge is -2.31. The Morgan fingerprint density at radius 2 is 2.35 bits per heavy atom. The summed E-state index contributed by atoms with van der Waals surface area (Å²) in [6.45, 7) is 3.51. The summed E-state index contributed by atoms with van der Waals surface area (Å²) < 4.78 is 18.2. The molecule has 1 aliphatic rings. The fourth-order valence-corrected chi connectivity index (χ4v) is 1.90. The number of halogens is 1. The van der Waals surface area contributed by atoms with Gasteiger partial charge in [-0.25, -0.2) is 4.39 Å². The van der Waals surface area contributed by atoms with Gasteiger partial charge in [-0.3, -0.25) is 4.79 Å². The van der Waals surface area contributed by atoms with Crippen LogP contribution in [-0.2, 0) is 4.74 Å². The Balaban J connectivity index is 2.18. The molecule has 0 bridgehead atoms. The smallest absolute Gasteiger partial charge is 0.256 e. The summed E-state index contributed by atoms with van der Waals surface area (Å²) in [7, 11) is 0. The first kappa shape index (κ1) is 11.9. The van der Waals surface area contributed by atoms with Gasteiger partial charge in [-0.15, -0.1) is 0 Å². The third kappa shape index (κ3) is 2.55. The molecule has 5 heteroatoms. The van der Waals surface area contributed by atoms with Gasteiger partial charge in [0.05, 0.1) is 18.3 Å². The highest BCUT2D eigenvalue weighted by atomic mass is 19.1. The number of benzene rings is 1. The molecule has 1 fully saturated rings. The molecule has 1 aromatic rings. The second kappa shape index (κ2) is 4.71. The first-order valence-corrected chi connectivity index (χ1v) is 5.54. The van der Waals surface area contributed by atoms with Crippen molar-refractivity contribution in [1.29, 1.82) is 0 Å². The number of rotatable bonds is 1. The Kier molecular flexibility index (Phi) is 3.28. The minimum absolute atomic E-state index is 0.0226. The molecule has 1 aromatic carbocycles. The number of anilines is 1. The number of ether oxygens (including phenoxy) is 1. The van der Waals surface area contributed by atoms with Gasteiger partial charge in [0, 0.05) is 18.8 Å². The van der Waals surface area contributed by atoms with Gasteiger partial charge >= 0.3 is 0 Å². The second-order valence-corrected chi connectivity index (χ2v) is 4.16. The third-order valence-electron chi connectivity index (χ3n) is 2.77. The molecule has 0 spiro atoms. The number of nitrogen functional groups attached to an aromatic ring is 1. The molecule has 0 aliphatic carbocycles. The quantitative estimate of drug-likeness (QED) is 0.749. The van der Waals surface area contributed by atoms with Crippen LogP contribution < -0.4 is 5.73 Å². The summed E-state index contributed by atoms with van der Waals surface area (Å²) in [5.41, 5.74) is 6.17. The van der Waals surface area contributed by atoms with Crippen molar-refractivity contribution in [3.8, 4) is 0 Å². The third-order valence-corrected chi connectivity index (χ3v) is 2.77. The van der Waals surface area contributed by atoms with Gasteiger partial charge in [0.2, 0.25) is 0 Å². The minimum Gasteiger partial charge on any atom is -0.398 e. The molecule has 4 nitrogen and oxygen atoms in total. The molecule has 1 heterocycles. The molecule has 1 amide bonds. The van der Waals surface area contributed by atoms with Crippen molar-refractivity contribution in [2.75, 3.05) is 25.4 Å². The van der Waals surface area contributed by atoms with E-state index in [1.54, 1.807) is 4.90 Å². The summed E-state index contributed by atoms with van der Waals surface area (Å²) in [6, 6.07) is 3.83. The van der Waals surface area contributed by atoms with Crippen LogP contribution in [0, 0.1) is 5.82 Å². The van der Waals surface area contributed by atoms with Gasteiger partial charge < -0.3 is 15.4 Å². The molecule has 2 N–H and O–H groups in total. The van der Waals surface area contributed by atoms with Crippen LogP contribution in [0.15, 0.2) is 18.2 Å². The van der Waals surface area contributed by atoms with Gasteiger partial charge in [0.1, 0.15) is 5.82 Å². The Hall–Kier alpha value is -1.62. The summed E-state index contributed by atoms with van der Waals surface area (Å²) >= 11 is 0. The highest BCUT2D eigenvalue weighted by Crippen LogP contribution is 2.17. The van der Waals surface area contributed by atoms with Crippen LogP contribution in [0.2, 0.25) is 0 Å². The van der Waals surface area contributed by atoms with Crippen LogP contribution in [0.5, 0.6) is 0 Å². The number of hydrogen-bond donors (Lipinski definition) is 1. The number of hydrogen-bond acceptors (Lipinski definition) is 3. The topological polar surface area (TPSA) is 55.6 Å². The van der Waals surface area contributed by atoms with Crippen molar-refractivity contribution >= 4 is 11.6 Å². The fourth-order valence-electron chi connectivity index (χ4n) is 1.90. The summed E-state index contributed by atoms with van der Waals surface area (Å²) in [4.78, 5) is 13.8. The van der Waals surface area contributed by atoms with E-state index in [1.807, 2.05) is 6.92 Å². The van der Waals surface area contributed by atoms with Crippen LogP contribution in [0.3, 0.4) is 0 Å². The first-order chi connectivity index (χ1) is 8.08. The molecule has 0 saturated carbocycles. The normalized spacial score (nSPS) is 20.4. The standard InChI is InChI=1S/C12H15FN2O2/c1-8-7-15(4-5-17-8)12(16)10-3-2-9(13)6-11(10)14/h2-3,6,8H,4-5,7,14H2,1H3. The monoisotopic (exact) mass is 238 g/mol. The maximum atomic E-state index is 12.9. The van der Waals surface area contributed by atoms with E-state index in [0.717, 1.165) is 6.07 Å². The maximum Gasteiger partial charge on any atom is 0.256 e. The van der Waals surface area contributed by atoms with E-state index in [9.17, 15) is 9.18 Å². The number of carbonyl (C=O) groups excluding carboxylic acids is 1. The predicted octanol–water partition coefficient (Wildman–Crippen LogP) is 1.27. The maximum absolute atomic E-state index is 12.9. The van der Waals surface area contributed by atoms with Crippen molar-refractivity contribution in [3.63, 3.8) is 0 Å². The van der Waals surface area contributed by atoms with Crippen molar-refractivity contribution in [2.45, 2.75) is 13.0 Å². The van der Waals surface area contributed by atoms with Gasteiger partial charge in [0.15, 0.2) is 0 Å². The van der Waals surface area contributed by atoms with Crippen molar-refractivity contribution in [1.82, 2.24) is 4.90 Å². The van der Waals surface area contributed by atoms with E-state index in [2.05, 4.69) is 0 Å². The second-order valence-electron chi connectivity index (χ2n) is 4.16. The van der Waals surface area contributed by atoms with E-state index in [-0.39, 0.29) is 17.7 Å². The number of morpholine rings is 1. The zero-order chi connectivity index (χ0) is 12.4. The van der Waals surface area contributed by atoms with E-state index >= 15 is 0 Å². The molecule has 1 saturated heterocycles. The number of carbonyl (C=O) groups is 1. The van der Waals surface area contributed by atoms with E-state index in [0.29, 0.717) is 25.3 Å². The molecular formula is C12H15FN2O2. The molecule has 0 aromatic heterocycles. The van der Waals surface area contributed by atoms with Crippen molar-refractivity contribution in [3.05, 3.63) is 29.6 Å². The average molecular weight is 238 g/mol. The first-order valence-electron chi connectivity index (χ1n) is 5.54. The molecule has 0 radical (unpaired) electrons. The SMILES string of the molecule is CC1CN(C(=O)c2ccc(F)cc2N)CCO1. The zero-order valence-corrected chi connectivity index (χ0v) is 9.65. The predicted molar refractivity (Wildman–Crippen MR) is 62.1 cm³/mol. The van der Waals surface area contributed by atoms with Crippen LogP contribution >= 0.6 is 0 Å². The largest absolute Gasteiger partial charge is 0.398 e. The van der Waals surface area contributed by atoms with Gasteiger partial charge in [0.25, 0.3) is 5.91 Å². The zero-order valence-electron chi connectivity index (χ0n) is 9.65. The van der Waals surface area contributed by atoms with Gasteiger partial charge in [-0.2, -0.15) is 0 Å². The number of nitrogens with two attached hydrogens (primary N) is 1. The van der Waals surface area contributed by atoms with Crippen LogP contribution in [0.4, 0.5) is 10.1 Å². The number of nitrogens with zero attached hydrogens (tertiary/aromatic N) is 1. The molecule has 17 heavy (non-hydrogen) atoms. The van der Waals surface area contributed by atoms with Crippen molar-refractivity contribution in [2.24, 2.45) is 0 Å². The number of amides is 1. The highest BCUT2D eigenvalue weighted by molar-refractivity contribution is 5.99. The lowest BCUT2D eigenvalue weighted by atomic mass is 10.1. The Morgan fingerprint density at radius 3 is 3.00 bits per heavy atom. The van der Waals surface area contributed by atoms with Crippen LogP contribution in [-0.4, -0.2) is 36.6 Å². The van der Waals surface area contributed by atoms with Gasteiger partial charge in [-0.05, 0) is 25.1 Å². The van der Waals surface area contributed by atoms with Crippen molar-refractivity contribution < 1.29 is 13.9 Å². The van der Waals surface area contributed by atoms with E-state index in [4.69, 9.17) is 10.5 Å². The van der Waals surface area contributed by atoms with E-state index in [1.165, 1.54) is 12.1 Å². The molecule has 1 unspecified atom stereocenters. The lowest BCUT2D eigenvalue weighted by molar-refractivity contribution is -0.0123. The average Bonchev–Trinajstić information content (AvgIpc) is 2.28. The highest BCUT2D eigenvalue weighted by Gasteiger charge is 2.23. The summed E-state index contributed by atoms with van der Waals surface area (Å²) in [6.07, 6.45) is 0.0226. The Bertz CT molecular complexity index is 437. The molecule has 1 aliphatic heterocycles. The van der Waals surface area contributed by atoms with E-state index < -0.39 is 5.82 Å². The molecule has 2 rings (SSSR count). The molecular weight excluding hydrogens is 223 g/mol. The molecule has 1 atom stereocenters. The Labute approximate surface area is 99.2 Å². The molecule has 92 valence electrons. The van der Waals surface area contributed by atoms with Gasteiger partial charge in [-0.1, -0.05) is 0 Å². The summed E-state index contributed by atoms with van der Waals surface area (Å²) in [5.74, 6) is -0.605. The lowest BCUT2D eigenvalue weighted by Crippen LogP contribution is -2.44. The van der Waals surface area contributed by atoms with Crippen LogP contribution in [0.25, 0.3) is 0 Å². The Morgan fingerprint density at radius 1 is 1.59 bits per heavy atom. The fraction of sp³-hybridized carbons (Fsp3) is 0.417. The minimum atomic E-state index is -0.436. The van der Waals surface area contributed by atoms with Crippen LogP contribution in [0.1, 0.15) is 17.3 Å².